The van der Waals surface area contributed by atoms with Crippen LogP contribution in [0, 0.1) is 0 Å². The molecule has 0 aliphatic rings. The molecule has 0 bridgehead atoms. The Bertz CT molecular complexity index is 344. The highest BCUT2D eigenvalue weighted by Crippen LogP contribution is 2.14. The maximum Gasteiger partial charge on any atom is 0.236 e. The molecule has 0 saturated carbocycles. The number of carbonyl (C=O) groups excluding carboxylic acids is 1. The molecule has 0 aliphatic heterocycles. The Hall–Kier alpha value is -0.620. The van der Waals surface area contributed by atoms with Crippen LogP contribution in [-0.2, 0) is 14.6 Å². The molecule has 0 aromatic carbocycles. The molecule has 0 radical (unpaired) electrons. The molecule has 0 aliphatic carbocycles. The fraction of sp³-hybridized carbons (Fsp3) is 0.909. The number of nitrogens with one attached hydrogen (secondary N) is 1. The van der Waals surface area contributed by atoms with E-state index in [1.54, 1.807) is 32.7 Å². The van der Waals surface area contributed by atoms with Crippen molar-refractivity contribution in [3.8, 4) is 0 Å². The average molecular weight is 264 g/mol. The van der Waals surface area contributed by atoms with E-state index in [0.29, 0.717) is 13.1 Å². The largest absolute Gasteiger partial charge is 0.345 e. The standard InChI is InChI=1S/C11H24N2O3S/c1-6-13(5)10(14)9-12-7-8-17(15,16)11(2,3)4/h12H,6-9H2,1-5H3. The van der Waals surface area contributed by atoms with Crippen molar-refractivity contribution >= 4 is 15.7 Å². The second-order valence-corrected chi connectivity index (χ2v) is 7.88. The molecule has 6 heteroatoms. The van der Waals surface area contributed by atoms with Crippen LogP contribution in [0.4, 0.5) is 0 Å². The van der Waals surface area contributed by atoms with E-state index in [4.69, 9.17) is 0 Å². The van der Waals surface area contributed by atoms with E-state index in [-0.39, 0.29) is 18.2 Å². The Morgan fingerprint density at radius 2 is 1.82 bits per heavy atom. The summed E-state index contributed by atoms with van der Waals surface area (Å²) in [5, 5.41) is 2.86. The maximum absolute atomic E-state index is 11.8. The van der Waals surface area contributed by atoms with Gasteiger partial charge in [-0.05, 0) is 27.7 Å². The van der Waals surface area contributed by atoms with Crippen LogP contribution in [0.15, 0.2) is 0 Å². The molecule has 0 atom stereocenters. The highest BCUT2D eigenvalue weighted by atomic mass is 32.2. The monoisotopic (exact) mass is 264 g/mol. The van der Waals surface area contributed by atoms with E-state index < -0.39 is 14.6 Å². The van der Waals surface area contributed by atoms with Gasteiger partial charge < -0.3 is 10.2 Å². The van der Waals surface area contributed by atoms with Crippen LogP contribution in [0.2, 0.25) is 0 Å². The van der Waals surface area contributed by atoms with Gasteiger partial charge in [-0.1, -0.05) is 0 Å². The normalized spacial score (nSPS) is 12.5. The Balaban J connectivity index is 3.99. The first-order valence-electron chi connectivity index (χ1n) is 5.79. The van der Waals surface area contributed by atoms with Gasteiger partial charge >= 0.3 is 0 Å². The molecule has 1 amide bonds. The molecule has 0 aromatic rings. The molecule has 0 saturated heterocycles. The third-order valence-electron chi connectivity index (χ3n) is 2.66. The molecule has 1 N–H and O–H groups in total. The first-order valence-corrected chi connectivity index (χ1v) is 7.44. The lowest BCUT2D eigenvalue weighted by Gasteiger charge is -2.19. The highest BCUT2D eigenvalue weighted by Gasteiger charge is 2.28. The van der Waals surface area contributed by atoms with Crippen LogP contribution in [-0.4, -0.2) is 56.4 Å². The summed E-state index contributed by atoms with van der Waals surface area (Å²) in [4.78, 5) is 13.0. The molecule has 0 aromatic heterocycles. The summed E-state index contributed by atoms with van der Waals surface area (Å²) >= 11 is 0. The van der Waals surface area contributed by atoms with E-state index in [9.17, 15) is 13.2 Å². The van der Waals surface area contributed by atoms with Crippen LogP contribution in [0.25, 0.3) is 0 Å². The fourth-order valence-electron chi connectivity index (χ4n) is 1.02. The number of carbonyl (C=O) groups is 1. The molecule has 0 spiro atoms. The number of likely N-dealkylation sites (N-methyl/N-ethyl adjacent to an activating group) is 1. The molecule has 0 unspecified atom stereocenters. The minimum atomic E-state index is -3.11. The van der Waals surface area contributed by atoms with Crippen molar-refractivity contribution in [3.05, 3.63) is 0 Å². The van der Waals surface area contributed by atoms with E-state index in [1.165, 1.54) is 0 Å². The van der Waals surface area contributed by atoms with Gasteiger partial charge in [-0.25, -0.2) is 8.42 Å². The van der Waals surface area contributed by atoms with Crippen molar-refractivity contribution in [1.82, 2.24) is 10.2 Å². The summed E-state index contributed by atoms with van der Waals surface area (Å²) in [7, 11) is -1.39. The highest BCUT2D eigenvalue weighted by molar-refractivity contribution is 7.92. The van der Waals surface area contributed by atoms with Gasteiger partial charge in [0.15, 0.2) is 9.84 Å². The van der Waals surface area contributed by atoms with E-state index >= 15 is 0 Å². The van der Waals surface area contributed by atoms with Gasteiger partial charge in [-0.2, -0.15) is 0 Å². The summed E-state index contributed by atoms with van der Waals surface area (Å²) in [5.41, 5.74) is 0. The predicted octanol–water partition coefficient (Wildman–Crippen LogP) is 0.268. The maximum atomic E-state index is 11.8. The minimum absolute atomic E-state index is 0.0272. The summed E-state index contributed by atoms with van der Waals surface area (Å²) in [5.74, 6) is 0.0280. The van der Waals surface area contributed by atoms with E-state index in [1.807, 2.05) is 6.92 Å². The number of sulfone groups is 1. The zero-order chi connectivity index (χ0) is 13.7. The van der Waals surface area contributed by atoms with Crippen LogP contribution < -0.4 is 5.32 Å². The first kappa shape index (κ1) is 16.4. The van der Waals surface area contributed by atoms with Crippen molar-refractivity contribution in [2.24, 2.45) is 0 Å². The molecule has 0 rings (SSSR count). The zero-order valence-corrected chi connectivity index (χ0v) is 12.2. The fourth-order valence-corrected chi connectivity index (χ4v) is 2.04. The molecule has 0 heterocycles. The summed E-state index contributed by atoms with van der Waals surface area (Å²) in [6.07, 6.45) is 0. The van der Waals surface area contributed by atoms with Crippen LogP contribution in [0.1, 0.15) is 27.7 Å². The smallest absolute Gasteiger partial charge is 0.236 e. The van der Waals surface area contributed by atoms with Crippen LogP contribution >= 0.6 is 0 Å². The van der Waals surface area contributed by atoms with Crippen LogP contribution in [0.5, 0.6) is 0 Å². The molecule has 5 nitrogen and oxygen atoms in total. The third kappa shape index (κ3) is 5.50. The Kier molecular flexibility index (Phi) is 6.12. The lowest BCUT2D eigenvalue weighted by molar-refractivity contribution is -0.128. The quantitative estimate of drug-likeness (QED) is 0.699. The second kappa shape index (κ2) is 6.35. The summed E-state index contributed by atoms with van der Waals surface area (Å²) in [6, 6.07) is 0. The van der Waals surface area contributed by atoms with Gasteiger partial charge in [0.2, 0.25) is 5.91 Å². The Labute approximate surface area is 104 Å². The SMILES string of the molecule is CCN(C)C(=O)CNCCS(=O)(=O)C(C)(C)C. The van der Waals surface area contributed by atoms with E-state index in [0.717, 1.165) is 0 Å². The van der Waals surface area contributed by atoms with Gasteiger partial charge in [0, 0.05) is 20.1 Å². The zero-order valence-electron chi connectivity index (χ0n) is 11.4. The van der Waals surface area contributed by atoms with Gasteiger partial charge in [0.1, 0.15) is 0 Å². The number of amides is 1. The van der Waals surface area contributed by atoms with Crippen molar-refractivity contribution in [1.29, 1.82) is 0 Å². The molecule has 0 fully saturated rings. The van der Waals surface area contributed by atoms with Crippen molar-refractivity contribution < 1.29 is 13.2 Å². The Morgan fingerprint density at radius 3 is 2.24 bits per heavy atom. The summed E-state index contributed by atoms with van der Waals surface area (Å²) in [6.45, 7) is 8.07. The van der Waals surface area contributed by atoms with Gasteiger partial charge in [-0.3, -0.25) is 4.79 Å². The van der Waals surface area contributed by atoms with Crippen molar-refractivity contribution in [2.45, 2.75) is 32.4 Å². The van der Waals surface area contributed by atoms with Crippen molar-refractivity contribution in [3.63, 3.8) is 0 Å². The molecular formula is C11H24N2O3S. The topological polar surface area (TPSA) is 66.5 Å². The number of rotatable bonds is 6. The number of nitrogens with zero attached hydrogens (tertiary/aromatic N) is 1. The third-order valence-corrected chi connectivity index (χ3v) is 5.26. The molecule has 102 valence electrons. The second-order valence-electron chi connectivity index (χ2n) is 5.02. The predicted molar refractivity (Wildman–Crippen MR) is 69.7 cm³/mol. The lowest BCUT2D eigenvalue weighted by Crippen LogP contribution is -2.39. The Morgan fingerprint density at radius 1 is 1.29 bits per heavy atom. The minimum Gasteiger partial charge on any atom is -0.345 e. The lowest BCUT2D eigenvalue weighted by atomic mass is 10.3. The van der Waals surface area contributed by atoms with E-state index in [2.05, 4.69) is 5.32 Å². The summed E-state index contributed by atoms with van der Waals surface area (Å²) < 4.78 is 22.8. The van der Waals surface area contributed by atoms with Gasteiger partial charge in [0.25, 0.3) is 0 Å². The first-order chi connectivity index (χ1) is 7.62. The van der Waals surface area contributed by atoms with Crippen molar-refractivity contribution in [2.75, 3.05) is 32.4 Å². The van der Waals surface area contributed by atoms with Gasteiger partial charge in [-0.15, -0.1) is 0 Å². The van der Waals surface area contributed by atoms with Crippen LogP contribution in [0.3, 0.4) is 0 Å². The molecule has 17 heavy (non-hydrogen) atoms. The number of hydrogen-bond donors (Lipinski definition) is 1. The average Bonchev–Trinajstić information content (AvgIpc) is 2.21. The number of hydrogen-bond acceptors (Lipinski definition) is 4. The van der Waals surface area contributed by atoms with Gasteiger partial charge in [0.05, 0.1) is 17.0 Å². The molecular weight excluding hydrogens is 240 g/mol.